The Morgan fingerprint density at radius 1 is 0.957 bits per heavy atom. The van der Waals surface area contributed by atoms with Crippen LogP contribution >= 0.6 is 0 Å². The third-order valence-corrected chi connectivity index (χ3v) is 8.19. The Balaban J connectivity index is 1.39. The van der Waals surface area contributed by atoms with Crippen molar-refractivity contribution >= 4 is 22.8 Å². The summed E-state index contributed by atoms with van der Waals surface area (Å²) >= 11 is 0. The SMILES string of the molecule is NC(=O)c1cc(-c2cccnc2C(Cc2cc(F)cc(F)c2)NC(=O)Cn2c(=O)n(C3CC=CCC3)c3ccccc32)ccc1F. The van der Waals surface area contributed by atoms with Crippen molar-refractivity contribution in [3.8, 4) is 11.1 Å². The van der Waals surface area contributed by atoms with E-state index in [1.54, 1.807) is 28.8 Å². The number of nitrogens with one attached hydrogen (secondary N) is 1. The highest BCUT2D eigenvalue weighted by atomic mass is 19.1. The molecule has 3 N–H and O–H groups in total. The second kappa shape index (κ2) is 12.9. The number of hydrogen-bond donors (Lipinski definition) is 2. The number of carbonyl (C=O) groups is 2. The Hall–Kier alpha value is -5.45. The highest BCUT2D eigenvalue weighted by molar-refractivity contribution is 5.94. The molecule has 8 nitrogen and oxygen atoms in total. The van der Waals surface area contributed by atoms with Crippen LogP contribution in [-0.4, -0.2) is 25.9 Å². The number of nitrogens with two attached hydrogens (primary N) is 1. The standard InChI is InChI=1S/C35H30F3N5O3/c36-23-15-21(16-24(37)19-23)17-29(33-26(9-6-14-40-33)22-12-13-28(38)27(18-22)34(39)45)41-32(44)20-42-30-10-4-5-11-31(30)43(35(42)46)25-7-2-1-3-8-25/h1-2,4-6,9-16,18-19,25,29H,3,7-8,17,20H2,(H2,39,45)(H,41,44). The number of amides is 2. The molecule has 0 aliphatic heterocycles. The van der Waals surface area contributed by atoms with E-state index in [0.29, 0.717) is 28.8 Å². The van der Waals surface area contributed by atoms with Crippen molar-refractivity contribution in [3.63, 3.8) is 0 Å². The molecule has 3 aromatic carbocycles. The molecule has 2 aromatic heterocycles. The molecule has 2 amide bonds. The molecule has 0 spiro atoms. The number of halogens is 3. The number of nitrogens with zero attached hydrogens (tertiary/aromatic N) is 3. The third kappa shape index (κ3) is 6.21. The van der Waals surface area contributed by atoms with Crippen molar-refractivity contribution in [1.82, 2.24) is 19.4 Å². The van der Waals surface area contributed by atoms with Crippen molar-refractivity contribution in [2.75, 3.05) is 0 Å². The number of para-hydroxylation sites is 2. The molecule has 0 saturated heterocycles. The summed E-state index contributed by atoms with van der Waals surface area (Å²) in [6.45, 7) is -0.326. The molecule has 0 bridgehead atoms. The predicted molar refractivity (Wildman–Crippen MR) is 167 cm³/mol. The van der Waals surface area contributed by atoms with Gasteiger partial charge in [-0.15, -0.1) is 0 Å². The van der Waals surface area contributed by atoms with Crippen LogP contribution in [0.2, 0.25) is 0 Å². The number of rotatable bonds is 9. The van der Waals surface area contributed by atoms with Gasteiger partial charge in [-0.25, -0.2) is 18.0 Å². The lowest BCUT2D eigenvalue weighted by Crippen LogP contribution is -2.37. The molecule has 5 aromatic rings. The quantitative estimate of drug-likeness (QED) is 0.203. The average Bonchev–Trinajstić information content (AvgIpc) is 3.31. The van der Waals surface area contributed by atoms with Crippen LogP contribution in [0.1, 0.15) is 53.0 Å². The van der Waals surface area contributed by atoms with Gasteiger partial charge in [-0.2, -0.15) is 0 Å². The second-order valence-electron chi connectivity index (χ2n) is 11.3. The molecule has 2 atom stereocenters. The number of hydrogen-bond acceptors (Lipinski definition) is 4. The van der Waals surface area contributed by atoms with Gasteiger partial charge in [-0.1, -0.05) is 36.4 Å². The number of aromatic nitrogens is 3. The van der Waals surface area contributed by atoms with Gasteiger partial charge in [0.05, 0.1) is 28.3 Å². The van der Waals surface area contributed by atoms with E-state index < -0.39 is 35.3 Å². The molecule has 2 unspecified atom stereocenters. The molecule has 46 heavy (non-hydrogen) atoms. The average molecular weight is 626 g/mol. The van der Waals surface area contributed by atoms with E-state index in [-0.39, 0.29) is 35.8 Å². The number of benzene rings is 3. The van der Waals surface area contributed by atoms with Crippen LogP contribution in [0.4, 0.5) is 13.2 Å². The van der Waals surface area contributed by atoms with E-state index in [0.717, 1.165) is 42.6 Å². The largest absolute Gasteiger partial charge is 0.366 e. The highest BCUT2D eigenvalue weighted by Gasteiger charge is 2.25. The summed E-state index contributed by atoms with van der Waals surface area (Å²) in [7, 11) is 0. The van der Waals surface area contributed by atoms with Crippen LogP contribution in [0.5, 0.6) is 0 Å². The van der Waals surface area contributed by atoms with Crippen LogP contribution < -0.4 is 16.7 Å². The van der Waals surface area contributed by atoms with E-state index in [9.17, 15) is 27.6 Å². The molecule has 11 heteroatoms. The van der Waals surface area contributed by atoms with Crippen LogP contribution in [0, 0.1) is 17.5 Å². The van der Waals surface area contributed by atoms with Crippen LogP contribution in [0.15, 0.2) is 95.9 Å². The Bertz CT molecular complexity index is 2030. The van der Waals surface area contributed by atoms with Crippen LogP contribution in [0.25, 0.3) is 22.2 Å². The monoisotopic (exact) mass is 625 g/mol. The molecule has 0 saturated carbocycles. The summed E-state index contributed by atoms with van der Waals surface area (Å²) in [6.07, 6.45) is 7.91. The lowest BCUT2D eigenvalue weighted by molar-refractivity contribution is -0.122. The summed E-state index contributed by atoms with van der Waals surface area (Å²) in [4.78, 5) is 43.9. The molecule has 1 aliphatic rings. The Labute approximate surface area is 262 Å². The van der Waals surface area contributed by atoms with E-state index in [1.807, 2.05) is 12.1 Å². The predicted octanol–water partition coefficient (Wildman–Crippen LogP) is 5.76. The minimum Gasteiger partial charge on any atom is -0.366 e. The maximum Gasteiger partial charge on any atom is 0.329 e. The van der Waals surface area contributed by atoms with E-state index in [1.165, 1.54) is 22.9 Å². The van der Waals surface area contributed by atoms with Crippen molar-refractivity contribution in [2.45, 2.75) is 44.3 Å². The number of allylic oxidation sites excluding steroid dienone is 2. The maximum atomic E-state index is 14.3. The van der Waals surface area contributed by atoms with Gasteiger partial charge in [-0.05, 0) is 79.3 Å². The summed E-state index contributed by atoms with van der Waals surface area (Å²) < 4.78 is 45.9. The van der Waals surface area contributed by atoms with Gasteiger partial charge in [0.2, 0.25) is 5.91 Å². The minimum absolute atomic E-state index is 0.0422. The van der Waals surface area contributed by atoms with Crippen molar-refractivity contribution < 1.29 is 22.8 Å². The van der Waals surface area contributed by atoms with Gasteiger partial charge < -0.3 is 11.1 Å². The maximum absolute atomic E-state index is 14.3. The zero-order chi connectivity index (χ0) is 32.4. The number of imidazole rings is 1. The Kier molecular flexibility index (Phi) is 8.56. The van der Waals surface area contributed by atoms with Crippen molar-refractivity contribution in [3.05, 3.63) is 136 Å². The molecule has 6 rings (SSSR count). The van der Waals surface area contributed by atoms with E-state index in [4.69, 9.17) is 5.73 Å². The van der Waals surface area contributed by atoms with Gasteiger partial charge in [0.1, 0.15) is 24.0 Å². The molecule has 0 fully saturated rings. The van der Waals surface area contributed by atoms with Gasteiger partial charge in [0.15, 0.2) is 0 Å². The summed E-state index contributed by atoms with van der Waals surface area (Å²) in [6, 6.07) is 16.5. The van der Waals surface area contributed by atoms with Crippen LogP contribution in [0.3, 0.4) is 0 Å². The van der Waals surface area contributed by atoms with Gasteiger partial charge >= 0.3 is 5.69 Å². The number of pyridine rings is 1. The molecule has 0 radical (unpaired) electrons. The fraction of sp³-hybridized carbons (Fsp3) is 0.200. The van der Waals surface area contributed by atoms with E-state index in [2.05, 4.69) is 22.5 Å². The fourth-order valence-electron chi connectivity index (χ4n) is 6.14. The topological polar surface area (TPSA) is 112 Å². The lowest BCUT2D eigenvalue weighted by atomic mass is 9.94. The molecular formula is C35H30F3N5O3. The number of primary amides is 1. The number of fused-ring (bicyclic) bond motifs is 1. The van der Waals surface area contributed by atoms with Gasteiger partial charge in [0.25, 0.3) is 5.91 Å². The third-order valence-electron chi connectivity index (χ3n) is 8.19. The normalized spacial score (nSPS) is 15.2. The molecule has 234 valence electrons. The Morgan fingerprint density at radius 3 is 2.43 bits per heavy atom. The zero-order valence-corrected chi connectivity index (χ0v) is 24.6. The smallest absolute Gasteiger partial charge is 0.329 e. The molecule has 1 aliphatic carbocycles. The zero-order valence-electron chi connectivity index (χ0n) is 24.6. The van der Waals surface area contributed by atoms with E-state index >= 15 is 0 Å². The summed E-state index contributed by atoms with van der Waals surface area (Å²) in [5.74, 6) is -3.87. The first-order valence-corrected chi connectivity index (χ1v) is 14.8. The van der Waals surface area contributed by atoms with Gasteiger partial charge in [-0.3, -0.25) is 23.7 Å². The summed E-state index contributed by atoms with van der Waals surface area (Å²) in [5, 5.41) is 2.92. The first-order chi connectivity index (χ1) is 22.2. The first-order valence-electron chi connectivity index (χ1n) is 14.8. The second-order valence-corrected chi connectivity index (χ2v) is 11.3. The Morgan fingerprint density at radius 2 is 1.72 bits per heavy atom. The first kappa shape index (κ1) is 30.6. The highest BCUT2D eigenvalue weighted by Crippen LogP contribution is 2.31. The molecular weight excluding hydrogens is 595 g/mol. The van der Waals surface area contributed by atoms with Crippen molar-refractivity contribution in [1.29, 1.82) is 0 Å². The van der Waals surface area contributed by atoms with Crippen LogP contribution in [-0.2, 0) is 17.8 Å². The fourth-order valence-corrected chi connectivity index (χ4v) is 6.14. The van der Waals surface area contributed by atoms with Crippen molar-refractivity contribution in [2.24, 2.45) is 5.73 Å². The number of carbonyl (C=O) groups excluding carboxylic acids is 2. The van der Waals surface area contributed by atoms with Gasteiger partial charge in [0, 0.05) is 23.9 Å². The molecule has 2 heterocycles. The minimum atomic E-state index is -0.960. The lowest BCUT2D eigenvalue weighted by Gasteiger charge is -2.22. The summed E-state index contributed by atoms with van der Waals surface area (Å²) in [5.41, 5.74) is 7.43.